The van der Waals surface area contributed by atoms with Gasteiger partial charge in [0.15, 0.2) is 6.10 Å². The predicted octanol–water partition coefficient (Wildman–Crippen LogP) is 3.57. The van der Waals surface area contributed by atoms with Gasteiger partial charge in [-0.25, -0.2) is 0 Å². The van der Waals surface area contributed by atoms with Crippen LogP contribution < -0.4 is 10.1 Å². The highest BCUT2D eigenvalue weighted by Gasteiger charge is 2.14. The Kier molecular flexibility index (Phi) is 5.17. The number of rotatable bonds is 4. The molecular weight excluding hydrogens is 379 g/mol. The molecule has 0 unspecified atom stereocenters. The summed E-state index contributed by atoms with van der Waals surface area (Å²) < 4.78 is 6.60. The molecule has 4 nitrogen and oxygen atoms in total. The van der Waals surface area contributed by atoms with Crippen LogP contribution in [0.2, 0.25) is 0 Å². The number of carbonyl (C=O) groups excluding carboxylic acids is 1. The van der Waals surface area contributed by atoms with Gasteiger partial charge in [-0.1, -0.05) is 6.07 Å². The van der Waals surface area contributed by atoms with Gasteiger partial charge in [-0.2, -0.15) is 5.26 Å². The van der Waals surface area contributed by atoms with E-state index in [-0.39, 0.29) is 5.91 Å². The number of ether oxygens (including phenoxy) is 1. The molecule has 0 aliphatic heterocycles. The minimum absolute atomic E-state index is 0.221. The minimum atomic E-state index is -0.629. The number of hydrogen-bond donors (Lipinski definition) is 1. The lowest BCUT2D eigenvalue weighted by molar-refractivity contribution is -0.122. The first kappa shape index (κ1) is 15.3. The minimum Gasteiger partial charge on any atom is -0.481 e. The van der Waals surface area contributed by atoms with E-state index in [1.807, 2.05) is 30.3 Å². The Morgan fingerprint density at radius 2 is 2.00 bits per heavy atom. The lowest BCUT2D eigenvalue weighted by Crippen LogP contribution is -2.30. The van der Waals surface area contributed by atoms with Gasteiger partial charge < -0.3 is 10.1 Å². The molecule has 0 fully saturated rings. The zero-order valence-corrected chi connectivity index (χ0v) is 13.5. The van der Waals surface area contributed by atoms with Crippen LogP contribution in [0.1, 0.15) is 12.5 Å². The molecule has 0 spiro atoms. The van der Waals surface area contributed by atoms with Crippen LogP contribution in [-0.4, -0.2) is 12.0 Å². The van der Waals surface area contributed by atoms with Crippen molar-refractivity contribution >= 4 is 34.2 Å². The van der Waals surface area contributed by atoms with Crippen LogP contribution >= 0.6 is 22.6 Å². The molecule has 0 saturated heterocycles. The van der Waals surface area contributed by atoms with Crippen molar-refractivity contribution in [2.45, 2.75) is 13.0 Å². The number of carbonyl (C=O) groups is 1. The van der Waals surface area contributed by atoms with Crippen molar-refractivity contribution in [3.05, 3.63) is 57.7 Å². The molecule has 0 heterocycles. The molecule has 0 bridgehead atoms. The fourth-order valence-corrected chi connectivity index (χ4v) is 2.22. The molecule has 0 radical (unpaired) electrons. The van der Waals surface area contributed by atoms with Gasteiger partial charge in [0.1, 0.15) is 5.75 Å². The highest BCUT2D eigenvalue weighted by Crippen LogP contribution is 2.16. The first-order valence-electron chi connectivity index (χ1n) is 6.32. The van der Waals surface area contributed by atoms with Gasteiger partial charge in [-0.05, 0) is 72.0 Å². The maximum Gasteiger partial charge on any atom is 0.265 e. The molecule has 21 heavy (non-hydrogen) atoms. The fourth-order valence-electron chi connectivity index (χ4n) is 1.68. The molecule has 5 heteroatoms. The van der Waals surface area contributed by atoms with E-state index in [0.29, 0.717) is 11.3 Å². The van der Waals surface area contributed by atoms with E-state index in [0.717, 1.165) is 9.26 Å². The Balaban J connectivity index is 1.97. The van der Waals surface area contributed by atoms with Crippen molar-refractivity contribution in [1.82, 2.24) is 0 Å². The summed E-state index contributed by atoms with van der Waals surface area (Å²) in [5.41, 5.74) is 1.29. The molecule has 2 aromatic carbocycles. The van der Waals surface area contributed by atoms with Gasteiger partial charge in [0, 0.05) is 9.26 Å². The SMILES string of the molecule is C[C@H](Oc1ccc(C#N)cc1)C(=O)Nc1cccc(I)c1. The van der Waals surface area contributed by atoms with E-state index in [2.05, 4.69) is 27.9 Å². The van der Waals surface area contributed by atoms with Crippen LogP contribution in [0.15, 0.2) is 48.5 Å². The Bertz CT molecular complexity index is 677. The molecule has 1 N–H and O–H groups in total. The maximum atomic E-state index is 12.1. The van der Waals surface area contributed by atoms with Crippen molar-refractivity contribution in [2.75, 3.05) is 5.32 Å². The van der Waals surface area contributed by atoms with E-state index in [1.165, 1.54) is 0 Å². The van der Waals surface area contributed by atoms with Crippen LogP contribution in [-0.2, 0) is 4.79 Å². The number of halogens is 1. The fraction of sp³-hybridized carbons (Fsp3) is 0.125. The Labute approximate surface area is 136 Å². The van der Waals surface area contributed by atoms with Crippen LogP contribution in [0, 0.1) is 14.9 Å². The third kappa shape index (κ3) is 4.46. The topological polar surface area (TPSA) is 62.1 Å². The normalized spacial score (nSPS) is 11.3. The summed E-state index contributed by atoms with van der Waals surface area (Å²) in [5.74, 6) is 0.334. The van der Waals surface area contributed by atoms with E-state index >= 15 is 0 Å². The van der Waals surface area contributed by atoms with Crippen LogP contribution in [0.3, 0.4) is 0 Å². The Morgan fingerprint density at radius 3 is 2.62 bits per heavy atom. The molecule has 1 atom stereocenters. The van der Waals surface area contributed by atoms with Crippen LogP contribution in [0.25, 0.3) is 0 Å². The van der Waals surface area contributed by atoms with Gasteiger partial charge in [-0.15, -0.1) is 0 Å². The maximum absolute atomic E-state index is 12.1. The second-order valence-electron chi connectivity index (χ2n) is 4.40. The van der Waals surface area contributed by atoms with Gasteiger partial charge in [0.05, 0.1) is 11.6 Å². The van der Waals surface area contributed by atoms with E-state index < -0.39 is 6.10 Å². The summed E-state index contributed by atoms with van der Waals surface area (Å²) in [7, 11) is 0. The summed E-state index contributed by atoms with van der Waals surface area (Å²) in [4.78, 5) is 12.1. The zero-order valence-electron chi connectivity index (χ0n) is 11.3. The predicted molar refractivity (Wildman–Crippen MR) is 89.0 cm³/mol. The monoisotopic (exact) mass is 392 g/mol. The average Bonchev–Trinajstić information content (AvgIpc) is 2.48. The highest BCUT2D eigenvalue weighted by atomic mass is 127. The Morgan fingerprint density at radius 1 is 1.29 bits per heavy atom. The molecule has 0 aromatic heterocycles. The number of anilines is 1. The molecule has 1 amide bonds. The summed E-state index contributed by atoms with van der Waals surface area (Å²) in [5, 5.41) is 11.5. The Hall–Kier alpha value is -2.07. The van der Waals surface area contributed by atoms with Crippen molar-refractivity contribution in [2.24, 2.45) is 0 Å². The van der Waals surface area contributed by atoms with Gasteiger partial charge in [-0.3, -0.25) is 4.79 Å². The van der Waals surface area contributed by atoms with Gasteiger partial charge >= 0.3 is 0 Å². The number of amides is 1. The summed E-state index contributed by atoms with van der Waals surface area (Å²) in [6.45, 7) is 1.68. The third-order valence-electron chi connectivity index (χ3n) is 2.76. The van der Waals surface area contributed by atoms with Crippen molar-refractivity contribution in [3.63, 3.8) is 0 Å². The quantitative estimate of drug-likeness (QED) is 0.810. The number of nitriles is 1. The van der Waals surface area contributed by atoms with Crippen molar-refractivity contribution in [1.29, 1.82) is 5.26 Å². The molecule has 106 valence electrons. The highest BCUT2D eigenvalue weighted by molar-refractivity contribution is 14.1. The lowest BCUT2D eigenvalue weighted by Gasteiger charge is -2.14. The number of hydrogen-bond acceptors (Lipinski definition) is 3. The van der Waals surface area contributed by atoms with E-state index in [1.54, 1.807) is 31.2 Å². The first-order valence-corrected chi connectivity index (χ1v) is 7.39. The van der Waals surface area contributed by atoms with E-state index in [9.17, 15) is 4.79 Å². The lowest BCUT2D eigenvalue weighted by atomic mass is 10.2. The van der Waals surface area contributed by atoms with Gasteiger partial charge in [0.2, 0.25) is 0 Å². The third-order valence-corrected chi connectivity index (χ3v) is 3.43. The number of nitrogens with zero attached hydrogens (tertiary/aromatic N) is 1. The summed E-state index contributed by atoms with van der Waals surface area (Å²) in [6.07, 6.45) is -0.629. The summed E-state index contributed by atoms with van der Waals surface area (Å²) >= 11 is 2.19. The summed E-state index contributed by atoms with van der Waals surface area (Å²) in [6, 6.07) is 16.2. The van der Waals surface area contributed by atoms with Crippen LogP contribution in [0.4, 0.5) is 5.69 Å². The van der Waals surface area contributed by atoms with Crippen LogP contribution in [0.5, 0.6) is 5.75 Å². The second kappa shape index (κ2) is 7.09. The zero-order chi connectivity index (χ0) is 15.2. The largest absolute Gasteiger partial charge is 0.481 e. The van der Waals surface area contributed by atoms with Crippen molar-refractivity contribution in [3.8, 4) is 11.8 Å². The van der Waals surface area contributed by atoms with E-state index in [4.69, 9.17) is 10.00 Å². The molecular formula is C16H13IN2O2. The molecule has 0 saturated carbocycles. The van der Waals surface area contributed by atoms with Gasteiger partial charge in [0.25, 0.3) is 5.91 Å². The molecule has 0 aliphatic rings. The number of benzene rings is 2. The van der Waals surface area contributed by atoms with Crippen molar-refractivity contribution < 1.29 is 9.53 Å². The first-order chi connectivity index (χ1) is 10.1. The molecule has 2 rings (SSSR count). The molecule has 2 aromatic rings. The average molecular weight is 392 g/mol. The molecule has 0 aliphatic carbocycles. The smallest absolute Gasteiger partial charge is 0.265 e. The number of nitrogens with one attached hydrogen (secondary N) is 1. The second-order valence-corrected chi connectivity index (χ2v) is 5.64. The standard InChI is InChI=1S/C16H13IN2O2/c1-11(21-15-7-5-12(10-18)6-8-15)16(20)19-14-4-2-3-13(17)9-14/h2-9,11H,1H3,(H,19,20)/t11-/m0/s1.